The lowest BCUT2D eigenvalue weighted by Gasteiger charge is -2.63. The van der Waals surface area contributed by atoms with Crippen molar-refractivity contribution in [3.63, 3.8) is 0 Å². The van der Waals surface area contributed by atoms with Crippen LogP contribution in [0.1, 0.15) is 71.6 Å². The molecule has 4 fully saturated rings. The quantitative estimate of drug-likeness (QED) is 0.330. The van der Waals surface area contributed by atoms with Crippen LogP contribution in [0.15, 0.2) is 22.4 Å². The maximum absolute atomic E-state index is 12.1. The first-order valence-electron chi connectivity index (χ1n) is 11.4. The summed E-state index contributed by atoms with van der Waals surface area (Å²) in [4.78, 5) is 0. The van der Waals surface area contributed by atoms with Crippen molar-refractivity contribution in [1.29, 1.82) is 0 Å². The predicted octanol–water partition coefficient (Wildman–Crippen LogP) is 2.94. The fourth-order valence-corrected chi connectivity index (χ4v) is 7.87. The first-order valence-corrected chi connectivity index (χ1v) is 11.4. The van der Waals surface area contributed by atoms with Gasteiger partial charge in [-0.15, -0.1) is 5.10 Å². The molecule has 29 heavy (non-hydrogen) atoms. The summed E-state index contributed by atoms with van der Waals surface area (Å²) < 4.78 is 0. The lowest BCUT2D eigenvalue weighted by molar-refractivity contribution is -0.207. The third-order valence-corrected chi connectivity index (χ3v) is 9.57. The van der Waals surface area contributed by atoms with E-state index < -0.39 is 5.60 Å². The van der Waals surface area contributed by atoms with Crippen LogP contribution in [0.5, 0.6) is 0 Å². The molecule has 4 aliphatic rings. The number of hydrogen-bond acceptors (Lipinski definition) is 4. The molecule has 0 amide bonds. The summed E-state index contributed by atoms with van der Waals surface area (Å²) in [5, 5.41) is 29.8. The van der Waals surface area contributed by atoms with Gasteiger partial charge in [-0.25, -0.2) is 0 Å². The highest BCUT2D eigenvalue weighted by Gasteiger charge is 2.66. The number of rotatable bonds is 3. The van der Waals surface area contributed by atoms with Gasteiger partial charge in [-0.2, -0.15) is 5.10 Å². The maximum Gasteiger partial charge on any atom is 0.211 e. The standard InChI is InChI=1S/C23H38N4O2/c1-21-10-8-17(28)14-16(21)5-6-19-18(21)9-11-22(2)15(7-12-23(19,22)29)4-3-13-26-27-20(24)25/h3-4,13,15-19,28-29H,5-12,14H2,1-2H3,(H4,24,25,27)/b4-3+,26-13+/t15?,16-,17+,18+,19-,21+,22-,23+/m1/s1. The van der Waals surface area contributed by atoms with E-state index in [9.17, 15) is 10.2 Å². The smallest absolute Gasteiger partial charge is 0.211 e. The summed E-state index contributed by atoms with van der Waals surface area (Å²) in [6.07, 6.45) is 15.0. The van der Waals surface area contributed by atoms with Crippen LogP contribution < -0.4 is 11.5 Å². The molecule has 4 rings (SSSR count). The molecule has 0 aliphatic heterocycles. The van der Waals surface area contributed by atoms with Crippen LogP contribution in [0.4, 0.5) is 0 Å². The van der Waals surface area contributed by atoms with Crippen molar-refractivity contribution in [1.82, 2.24) is 0 Å². The largest absolute Gasteiger partial charge is 0.393 e. The third-order valence-electron chi connectivity index (χ3n) is 9.57. The van der Waals surface area contributed by atoms with Crippen LogP contribution >= 0.6 is 0 Å². The molecule has 0 heterocycles. The zero-order valence-electron chi connectivity index (χ0n) is 17.9. The SMILES string of the molecule is C[C@]12CC[C@H](O)C[C@H]1CC[C@@H]1[C@@H]2CC[C@]2(C)C(/C=C/C=N/N=C(N)N)CC[C@]12O. The van der Waals surface area contributed by atoms with Crippen LogP contribution in [-0.2, 0) is 0 Å². The number of nitrogens with zero attached hydrogens (tertiary/aromatic N) is 2. The van der Waals surface area contributed by atoms with Gasteiger partial charge in [0.1, 0.15) is 0 Å². The van der Waals surface area contributed by atoms with E-state index in [-0.39, 0.29) is 22.9 Å². The summed E-state index contributed by atoms with van der Waals surface area (Å²) >= 11 is 0. The average molecular weight is 403 g/mol. The van der Waals surface area contributed by atoms with Crippen molar-refractivity contribution in [2.24, 2.45) is 56.2 Å². The van der Waals surface area contributed by atoms with E-state index in [2.05, 4.69) is 30.1 Å². The highest BCUT2D eigenvalue weighted by molar-refractivity contribution is 5.77. The molecular weight excluding hydrogens is 364 g/mol. The zero-order valence-corrected chi connectivity index (χ0v) is 17.9. The van der Waals surface area contributed by atoms with E-state index >= 15 is 0 Å². The number of nitrogens with two attached hydrogens (primary N) is 2. The topological polar surface area (TPSA) is 117 Å². The fourth-order valence-electron chi connectivity index (χ4n) is 7.87. The first-order chi connectivity index (χ1) is 13.7. The van der Waals surface area contributed by atoms with Gasteiger partial charge in [0.15, 0.2) is 0 Å². The summed E-state index contributed by atoms with van der Waals surface area (Å²) in [5.41, 5.74) is 10.2. The third kappa shape index (κ3) is 3.23. The second-order valence-corrected chi connectivity index (χ2v) is 10.6. The van der Waals surface area contributed by atoms with Gasteiger partial charge in [-0.1, -0.05) is 19.9 Å². The molecule has 162 valence electrons. The number of aliphatic hydroxyl groups excluding tert-OH is 1. The number of aliphatic hydroxyl groups is 2. The Morgan fingerprint density at radius 3 is 2.55 bits per heavy atom. The van der Waals surface area contributed by atoms with E-state index in [1.807, 2.05) is 6.08 Å². The van der Waals surface area contributed by atoms with Crippen molar-refractivity contribution in [2.45, 2.75) is 83.3 Å². The summed E-state index contributed by atoms with van der Waals surface area (Å²) in [6.45, 7) is 4.76. The lowest BCUT2D eigenvalue weighted by atomic mass is 9.43. The highest BCUT2D eigenvalue weighted by atomic mass is 16.3. The minimum Gasteiger partial charge on any atom is -0.393 e. The van der Waals surface area contributed by atoms with Crippen LogP contribution in [-0.4, -0.2) is 34.1 Å². The average Bonchev–Trinajstić information content (AvgIpc) is 2.93. The van der Waals surface area contributed by atoms with Gasteiger partial charge in [0.2, 0.25) is 5.96 Å². The monoisotopic (exact) mass is 402 g/mol. The number of guanidine groups is 1. The molecule has 0 aromatic heterocycles. The maximum atomic E-state index is 12.1. The molecule has 0 aromatic rings. The van der Waals surface area contributed by atoms with Crippen molar-refractivity contribution in [3.8, 4) is 0 Å². The van der Waals surface area contributed by atoms with Gasteiger partial charge in [0.25, 0.3) is 0 Å². The first kappa shape index (κ1) is 20.9. The van der Waals surface area contributed by atoms with Crippen LogP contribution in [0, 0.1) is 34.5 Å². The minimum atomic E-state index is -0.591. The molecule has 0 saturated heterocycles. The number of allylic oxidation sites excluding steroid dienone is 2. The molecule has 0 radical (unpaired) electrons. The Morgan fingerprint density at radius 2 is 1.79 bits per heavy atom. The molecule has 0 spiro atoms. The van der Waals surface area contributed by atoms with Crippen molar-refractivity contribution < 1.29 is 10.2 Å². The molecule has 0 aromatic carbocycles. The molecule has 6 heteroatoms. The van der Waals surface area contributed by atoms with E-state index in [4.69, 9.17) is 11.5 Å². The van der Waals surface area contributed by atoms with E-state index in [0.717, 1.165) is 51.4 Å². The van der Waals surface area contributed by atoms with Crippen molar-refractivity contribution in [3.05, 3.63) is 12.2 Å². The van der Waals surface area contributed by atoms with E-state index in [0.29, 0.717) is 23.7 Å². The second kappa shape index (κ2) is 7.38. The van der Waals surface area contributed by atoms with Crippen molar-refractivity contribution in [2.75, 3.05) is 0 Å². The Kier molecular flexibility index (Phi) is 5.31. The Bertz CT molecular complexity index is 718. The molecule has 4 saturated carbocycles. The van der Waals surface area contributed by atoms with Crippen LogP contribution in [0.25, 0.3) is 0 Å². The second-order valence-electron chi connectivity index (χ2n) is 10.6. The summed E-state index contributed by atoms with van der Waals surface area (Å²) in [5.74, 6) is 1.88. The zero-order chi connectivity index (χ0) is 20.9. The Morgan fingerprint density at radius 1 is 1.00 bits per heavy atom. The van der Waals surface area contributed by atoms with Gasteiger partial charge in [0, 0.05) is 11.6 Å². The van der Waals surface area contributed by atoms with Crippen LogP contribution in [0.2, 0.25) is 0 Å². The van der Waals surface area contributed by atoms with Gasteiger partial charge in [-0.3, -0.25) is 0 Å². The molecule has 8 atom stereocenters. The minimum absolute atomic E-state index is 0.0468. The molecule has 6 N–H and O–H groups in total. The lowest BCUT2D eigenvalue weighted by Crippen LogP contribution is -2.62. The van der Waals surface area contributed by atoms with Gasteiger partial charge in [-0.05, 0) is 93.0 Å². The molecule has 6 nitrogen and oxygen atoms in total. The highest BCUT2D eigenvalue weighted by Crippen LogP contribution is 2.69. The normalized spacial score (nSPS) is 49.6. The summed E-state index contributed by atoms with van der Waals surface area (Å²) in [6, 6.07) is 0. The molecule has 0 bridgehead atoms. The Balaban J connectivity index is 1.54. The van der Waals surface area contributed by atoms with E-state index in [1.165, 1.54) is 6.42 Å². The van der Waals surface area contributed by atoms with E-state index in [1.54, 1.807) is 6.21 Å². The molecule has 1 unspecified atom stereocenters. The van der Waals surface area contributed by atoms with Crippen molar-refractivity contribution >= 4 is 12.2 Å². The number of fused-ring (bicyclic) bond motifs is 5. The van der Waals surface area contributed by atoms with Gasteiger partial charge in [0.05, 0.1) is 11.7 Å². The predicted molar refractivity (Wildman–Crippen MR) is 116 cm³/mol. The number of hydrogen-bond donors (Lipinski definition) is 4. The Labute approximate surface area is 174 Å². The Hall–Kier alpha value is -1.40. The van der Waals surface area contributed by atoms with Crippen LogP contribution in [0.3, 0.4) is 0 Å². The fraction of sp³-hybridized carbons (Fsp3) is 0.826. The molecular formula is C23H38N4O2. The van der Waals surface area contributed by atoms with Gasteiger partial charge >= 0.3 is 0 Å². The molecule has 4 aliphatic carbocycles. The van der Waals surface area contributed by atoms with Gasteiger partial charge < -0.3 is 21.7 Å². The summed E-state index contributed by atoms with van der Waals surface area (Å²) in [7, 11) is 0.